The zero-order valence-electron chi connectivity index (χ0n) is 12.3. The van der Waals surface area contributed by atoms with Gasteiger partial charge in [0.05, 0.1) is 7.11 Å². The van der Waals surface area contributed by atoms with Crippen LogP contribution < -0.4 is 10.1 Å². The number of hydrogen-bond donors (Lipinski definition) is 1. The molecule has 0 amide bonds. The molecule has 2 nitrogen and oxygen atoms in total. The summed E-state index contributed by atoms with van der Waals surface area (Å²) in [6.07, 6.45) is 0. The summed E-state index contributed by atoms with van der Waals surface area (Å²) >= 11 is 0. The molecule has 0 bridgehead atoms. The monoisotopic (exact) mass is 277 g/mol. The van der Waals surface area contributed by atoms with Gasteiger partial charge < -0.3 is 10.1 Å². The Morgan fingerprint density at radius 1 is 0.810 bits per heavy atom. The Morgan fingerprint density at radius 3 is 2.19 bits per heavy atom. The zero-order valence-corrected chi connectivity index (χ0v) is 12.3. The number of methoxy groups -OCH3 is 1. The van der Waals surface area contributed by atoms with E-state index in [2.05, 4.69) is 48.6 Å². The van der Waals surface area contributed by atoms with E-state index in [1.807, 2.05) is 30.3 Å². The standard InChI is InChI=1S/C19H19NO/c1-14(20-15-8-4-3-5-9-15)16-12-13-19(21-2)18-11-7-6-10-17(16)18/h3-14,20H,1-2H3. The molecule has 3 aromatic carbocycles. The van der Waals surface area contributed by atoms with Crippen molar-refractivity contribution in [2.45, 2.75) is 13.0 Å². The quantitative estimate of drug-likeness (QED) is 0.723. The highest BCUT2D eigenvalue weighted by Crippen LogP contribution is 2.32. The maximum Gasteiger partial charge on any atom is 0.126 e. The van der Waals surface area contributed by atoms with E-state index in [1.165, 1.54) is 10.9 Å². The van der Waals surface area contributed by atoms with Crippen LogP contribution in [0.4, 0.5) is 5.69 Å². The Hall–Kier alpha value is -2.48. The first kappa shape index (κ1) is 13.5. The Labute approximate surface area is 125 Å². The van der Waals surface area contributed by atoms with Gasteiger partial charge in [-0.15, -0.1) is 0 Å². The van der Waals surface area contributed by atoms with Crippen LogP contribution >= 0.6 is 0 Å². The van der Waals surface area contributed by atoms with Gasteiger partial charge in [-0.05, 0) is 36.1 Å². The SMILES string of the molecule is COc1ccc(C(C)Nc2ccccc2)c2ccccc12. The fourth-order valence-electron chi connectivity index (χ4n) is 2.71. The van der Waals surface area contributed by atoms with Gasteiger partial charge in [-0.1, -0.05) is 48.5 Å². The highest BCUT2D eigenvalue weighted by Gasteiger charge is 2.11. The molecule has 1 N–H and O–H groups in total. The first-order valence-electron chi connectivity index (χ1n) is 7.17. The Morgan fingerprint density at radius 2 is 1.48 bits per heavy atom. The summed E-state index contributed by atoms with van der Waals surface area (Å²) in [5.41, 5.74) is 2.40. The van der Waals surface area contributed by atoms with E-state index in [9.17, 15) is 0 Å². The summed E-state index contributed by atoms with van der Waals surface area (Å²) in [6, 6.07) is 23.1. The molecule has 3 rings (SSSR count). The van der Waals surface area contributed by atoms with E-state index >= 15 is 0 Å². The minimum atomic E-state index is 0.225. The predicted molar refractivity (Wildman–Crippen MR) is 89.0 cm³/mol. The molecule has 0 aliphatic carbocycles. The van der Waals surface area contributed by atoms with Crippen molar-refractivity contribution in [1.29, 1.82) is 0 Å². The zero-order chi connectivity index (χ0) is 14.7. The summed E-state index contributed by atoms with van der Waals surface area (Å²) < 4.78 is 5.46. The third-order valence-corrected chi connectivity index (χ3v) is 3.76. The number of rotatable bonds is 4. The Bertz CT molecular complexity index is 737. The number of benzene rings is 3. The molecule has 21 heavy (non-hydrogen) atoms. The summed E-state index contributed by atoms with van der Waals surface area (Å²) in [6.45, 7) is 2.18. The van der Waals surface area contributed by atoms with Gasteiger partial charge in [0, 0.05) is 17.1 Å². The Balaban J connectivity index is 2.00. The largest absolute Gasteiger partial charge is 0.496 e. The maximum atomic E-state index is 5.46. The van der Waals surface area contributed by atoms with Crippen molar-refractivity contribution in [3.8, 4) is 5.75 Å². The van der Waals surface area contributed by atoms with Crippen LogP contribution in [0.2, 0.25) is 0 Å². The summed E-state index contributed by atoms with van der Waals surface area (Å²) in [5, 5.41) is 5.93. The van der Waals surface area contributed by atoms with Crippen LogP contribution in [0, 0.1) is 0 Å². The minimum absolute atomic E-state index is 0.225. The molecule has 0 saturated heterocycles. The molecule has 0 aliphatic rings. The van der Waals surface area contributed by atoms with Crippen molar-refractivity contribution < 1.29 is 4.74 Å². The van der Waals surface area contributed by atoms with Crippen molar-refractivity contribution >= 4 is 16.5 Å². The first-order chi connectivity index (χ1) is 10.3. The third kappa shape index (κ3) is 2.70. The molecule has 0 aromatic heterocycles. The second kappa shape index (κ2) is 5.88. The van der Waals surface area contributed by atoms with Crippen LogP contribution in [-0.2, 0) is 0 Å². The van der Waals surface area contributed by atoms with E-state index in [4.69, 9.17) is 4.74 Å². The number of para-hydroxylation sites is 1. The molecule has 3 aromatic rings. The molecule has 0 fully saturated rings. The van der Waals surface area contributed by atoms with Crippen molar-refractivity contribution in [1.82, 2.24) is 0 Å². The molecule has 0 heterocycles. The molecule has 2 heteroatoms. The molecule has 0 aliphatic heterocycles. The number of fused-ring (bicyclic) bond motifs is 1. The topological polar surface area (TPSA) is 21.3 Å². The average Bonchev–Trinajstić information content (AvgIpc) is 2.54. The summed E-state index contributed by atoms with van der Waals surface area (Å²) in [4.78, 5) is 0. The van der Waals surface area contributed by atoms with Crippen molar-refractivity contribution in [3.63, 3.8) is 0 Å². The predicted octanol–water partition coefficient (Wildman–Crippen LogP) is 5.02. The van der Waals surface area contributed by atoms with E-state index in [0.717, 1.165) is 16.8 Å². The molecular formula is C19H19NO. The molecule has 0 spiro atoms. The molecule has 0 radical (unpaired) electrons. The first-order valence-corrected chi connectivity index (χ1v) is 7.17. The molecule has 0 saturated carbocycles. The van der Waals surface area contributed by atoms with E-state index in [1.54, 1.807) is 7.11 Å². The Kier molecular flexibility index (Phi) is 3.78. The fraction of sp³-hybridized carbons (Fsp3) is 0.158. The van der Waals surface area contributed by atoms with Gasteiger partial charge in [-0.25, -0.2) is 0 Å². The molecular weight excluding hydrogens is 258 g/mol. The van der Waals surface area contributed by atoms with Crippen LogP contribution in [0.15, 0.2) is 66.7 Å². The summed E-state index contributed by atoms with van der Waals surface area (Å²) in [7, 11) is 1.72. The van der Waals surface area contributed by atoms with Crippen LogP contribution in [0.25, 0.3) is 10.8 Å². The van der Waals surface area contributed by atoms with E-state index < -0.39 is 0 Å². The smallest absolute Gasteiger partial charge is 0.126 e. The second-order valence-electron chi connectivity index (χ2n) is 5.13. The van der Waals surface area contributed by atoms with Crippen LogP contribution in [0.3, 0.4) is 0 Å². The molecule has 1 atom stereocenters. The average molecular weight is 277 g/mol. The minimum Gasteiger partial charge on any atom is -0.496 e. The van der Waals surface area contributed by atoms with E-state index in [0.29, 0.717) is 0 Å². The normalized spacial score (nSPS) is 12.1. The van der Waals surface area contributed by atoms with Crippen molar-refractivity contribution in [3.05, 3.63) is 72.3 Å². The lowest BCUT2D eigenvalue weighted by Gasteiger charge is -2.19. The lowest BCUT2D eigenvalue weighted by molar-refractivity contribution is 0.419. The number of ether oxygens (including phenoxy) is 1. The van der Waals surface area contributed by atoms with Crippen LogP contribution in [0.5, 0.6) is 5.75 Å². The van der Waals surface area contributed by atoms with Crippen LogP contribution in [-0.4, -0.2) is 7.11 Å². The maximum absolute atomic E-state index is 5.46. The highest BCUT2D eigenvalue weighted by molar-refractivity contribution is 5.91. The summed E-state index contributed by atoms with van der Waals surface area (Å²) in [5.74, 6) is 0.918. The highest BCUT2D eigenvalue weighted by atomic mass is 16.5. The molecule has 1 unspecified atom stereocenters. The number of nitrogens with one attached hydrogen (secondary N) is 1. The van der Waals surface area contributed by atoms with Gasteiger partial charge in [-0.2, -0.15) is 0 Å². The lowest BCUT2D eigenvalue weighted by atomic mass is 9.98. The number of hydrogen-bond acceptors (Lipinski definition) is 2. The van der Waals surface area contributed by atoms with Gasteiger partial charge in [0.2, 0.25) is 0 Å². The van der Waals surface area contributed by atoms with Gasteiger partial charge in [0.15, 0.2) is 0 Å². The lowest BCUT2D eigenvalue weighted by Crippen LogP contribution is -2.07. The third-order valence-electron chi connectivity index (χ3n) is 3.76. The van der Waals surface area contributed by atoms with Gasteiger partial charge >= 0.3 is 0 Å². The van der Waals surface area contributed by atoms with Gasteiger partial charge in [0.1, 0.15) is 5.75 Å². The fourth-order valence-corrected chi connectivity index (χ4v) is 2.71. The molecule has 106 valence electrons. The van der Waals surface area contributed by atoms with Gasteiger partial charge in [0.25, 0.3) is 0 Å². The van der Waals surface area contributed by atoms with Crippen LogP contribution in [0.1, 0.15) is 18.5 Å². The second-order valence-corrected chi connectivity index (χ2v) is 5.13. The van der Waals surface area contributed by atoms with E-state index in [-0.39, 0.29) is 6.04 Å². The van der Waals surface area contributed by atoms with Crippen molar-refractivity contribution in [2.75, 3.05) is 12.4 Å². The van der Waals surface area contributed by atoms with Gasteiger partial charge in [-0.3, -0.25) is 0 Å². The van der Waals surface area contributed by atoms with Crippen molar-refractivity contribution in [2.24, 2.45) is 0 Å². The number of anilines is 1.